The first kappa shape index (κ1) is 23.4. The van der Waals surface area contributed by atoms with Crippen molar-refractivity contribution in [2.45, 2.75) is 46.2 Å². The van der Waals surface area contributed by atoms with Crippen molar-refractivity contribution in [3.8, 4) is 0 Å². The first-order valence-corrected chi connectivity index (χ1v) is 11.2. The zero-order valence-electron chi connectivity index (χ0n) is 17.0. The van der Waals surface area contributed by atoms with Crippen LogP contribution in [-0.4, -0.2) is 40.6 Å². The number of carbonyl (C=O) groups is 2. The van der Waals surface area contributed by atoms with E-state index in [1.54, 1.807) is 33.3 Å². The molecule has 0 unspecified atom stereocenters. The summed E-state index contributed by atoms with van der Waals surface area (Å²) in [5.41, 5.74) is 1.99. The molecular formula is C22H28ClFN2O2S. The van der Waals surface area contributed by atoms with Crippen LogP contribution in [0.5, 0.6) is 0 Å². The quantitative estimate of drug-likeness (QED) is 0.464. The van der Waals surface area contributed by atoms with Crippen LogP contribution in [0.3, 0.4) is 0 Å². The number of hydrogen-bond acceptors (Lipinski definition) is 3. The van der Waals surface area contributed by atoms with Gasteiger partial charge >= 0.3 is 0 Å². The Hall–Kier alpha value is -1.92. The van der Waals surface area contributed by atoms with Crippen molar-refractivity contribution in [1.82, 2.24) is 9.80 Å². The number of alkyl halides is 1. The fraction of sp³-hybridized carbons (Fsp3) is 0.455. The van der Waals surface area contributed by atoms with Crippen LogP contribution >= 0.6 is 22.9 Å². The molecular weight excluding hydrogens is 411 g/mol. The minimum absolute atomic E-state index is 0.0422. The Balaban J connectivity index is 2.16. The van der Waals surface area contributed by atoms with Gasteiger partial charge in [-0.25, -0.2) is 4.39 Å². The first-order chi connectivity index (χ1) is 13.9. The predicted molar refractivity (Wildman–Crippen MR) is 117 cm³/mol. The molecule has 0 aliphatic carbocycles. The minimum Gasteiger partial charge on any atom is -0.333 e. The molecule has 0 saturated carbocycles. The number of hydrogen-bond donors (Lipinski definition) is 0. The minimum atomic E-state index is -0.306. The lowest BCUT2D eigenvalue weighted by Gasteiger charge is -2.28. The molecule has 158 valence electrons. The molecule has 0 bridgehead atoms. The van der Waals surface area contributed by atoms with Gasteiger partial charge in [-0.3, -0.25) is 9.59 Å². The number of carbonyl (C=O) groups excluding carboxylic acids is 2. The highest BCUT2D eigenvalue weighted by molar-refractivity contribution is 7.10. The van der Waals surface area contributed by atoms with E-state index in [-0.39, 0.29) is 24.2 Å². The van der Waals surface area contributed by atoms with Gasteiger partial charge in [-0.05, 0) is 54.5 Å². The molecule has 0 aliphatic heterocycles. The fourth-order valence-electron chi connectivity index (χ4n) is 2.98. The summed E-state index contributed by atoms with van der Waals surface area (Å²) in [5, 5.41) is 2.00. The van der Waals surface area contributed by atoms with Gasteiger partial charge in [-0.15, -0.1) is 22.9 Å². The van der Waals surface area contributed by atoms with Crippen molar-refractivity contribution in [3.05, 3.63) is 57.5 Å². The molecule has 7 heteroatoms. The zero-order valence-corrected chi connectivity index (χ0v) is 18.6. The SMILES string of the molecule is CCCN(CC(=O)N(Cc1ccc(F)cc1)Cc1sccc1C)C(=O)CCCCl. The van der Waals surface area contributed by atoms with Crippen LogP contribution in [-0.2, 0) is 22.7 Å². The third kappa shape index (κ3) is 7.44. The first-order valence-electron chi connectivity index (χ1n) is 9.83. The molecule has 4 nitrogen and oxygen atoms in total. The summed E-state index contributed by atoms with van der Waals surface area (Å²) in [6.45, 7) is 5.42. The van der Waals surface area contributed by atoms with E-state index in [2.05, 4.69) is 0 Å². The van der Waals surface area contributed by atoms with E-state index in [1.807, 2.05) is 25.3 Å². The Morgan fingerprint density at radius 1 is 1.07 bits per heavy atom. The number of halogens is 2. The van der Waals surface area contributed by atoms with Crippen molar-refractivity contribution in [2.24, 2.45) is 0 Å². The molecule has 0 saturated heterocycles. The van der Waals surface area contributed by atoms with E-state index in [4.69, 9.17) is 11.6 Å². The van der Waals surface area contributed by atoms with Gasteiger partial charge in [0.15, 0.2) is 0 Å². The monoisotopic (exact) mass is 438 g/mol. The average Bonchev–Trinajstić information content (AvgIpc) is 3.11. The largest absolute Gasteiger partial charge is 0.333 e. The smallest absolute Gasteiger partial charge is 0.242 e. The van der Waals surface area contributed by atoms with Crippen LogP contribution in [0.4, 0.5) is 4.39 Å². The normalized spacial score (nSPS) is 10.8. The second-order valence-corrected chi connectivity index (χ2v) is 8.39. The van der Waals surface area contributed by atoms with Crippen molar-refractivity contribution >= 4 is 34.8 Å². The van der Waals surface area contributed by atoms with E-state index in [0.717, 1.165) is 22.4 Å². The van der Waals surface area contributed by atoms with Crippen LogP contribution in [0, 0.1) is 12.7 Å². The van der Waals surface area contributed by atoms with Gasteiger partial charge in [0.05, 0.1) is 13.1 Å². The Bertz CT molecular complexity index is 794. The molecule has 1 aromatic carbocycles. The lowest BCUT2D eigenvalue weighted by atomic mass is 10.2. The molecule has 0 atom stereocenters. The van der Waals surface area contributed by atoms with Gasteiger partial charge in [-0.2, -0.15) is 0 Å². The van der Waals surface area contributed by atoms with Crippen LogP contribution in [0.2, 0.25) is 0 Å². The highest BCUT2D eigenvalue weighted by Crippen LogP contribution is 2.20. The summed E-state index contributed by atoms with van der Waals surface area (Å²) in [5.74, 6) is -0.0435. The summed E-state index contributed by atoms with van der Waals surface area (Å²) in [6, 6.07) is 8.19. The Morgan fingerprint density at radius 2 is 1.79 bits per heavy atom. The second kappa shape index (κ2) is 11.9. The fourth-order valence-corrected chi connectivity index (χ4v) is 4.04. The van der Waals surface area contributed by atoms with Crippen LogP contribution in [0.15, 0.2) is 35.7 Å². The molecule has 2 amide bonds. The van der Waals surface area contributed by atoms with E-state index in [9.17, 15) is 14.0 Å². The molecule has 2 rings (SSSR count). The highest BCUT2D eigenvalue weighted by Gasteiger charge is 2.22. The van der Waals surface area contributed by atoms with E-state index < -0.39 is 0 Å². The summed E-state index contributed by atoms with van der Waals surface area (Å²) in [7, 11) is 0. The number of nitrogens with zero attached hydrogens (tertiary/aromatic N) is 2. The molecule has 0 spiro atoms. The maximum absolute atomic E-state index is 13.3. The van der Waals surface area contributed by atoms with Gasteiger partial charge < -0.3 is 9.80 Å². The Morgan fingerprint density at radius 3 is 2.38 bits per heavy atom. The molecule has 0 radical (unpaired) electrons. The number of amides is 2. The maximum Gasteiger partial charge on any atom is 0.242 e. The van der Waals surface area contributed by atoms with Gasteiger partial charge in [0.1, 0.15) is 5.82 Å². The molecule has 0 aliphatic rings. The van der Waals surface area contributed by atoms with Crippen LogP contribution in [0.25, 0.3) is 0 Å². The summed E-state index contributed by atoms with van der Waals surface area (Å²) >= 11 is 7.31. The van der Waals surface area contributed by atoms with Crippen LogP contribution in [0.1, 0.15) is 42.2 Å². The molecule has 0 fully saturated rings. The highest BCUT2D eigenvalue weighted by atomic mass is 35.5. The molecule has 29 heavy (non-hydrogen) atoms. The number of rotatable bonds is 11. The maximum atomic E-state index is 13.3. The summed E-state index contributed by atoms with van der Waals surface area (Å²) in [6.07, 6.45) is 1.73. The van der Waals surface area contributed by atoms with Gasteiger partial charge in [-0.1, -0.05) is 19.1 Å². The van der Waals surface area contributed by atoms with E-state index in [0.29, 0.717) is 38.4 Å². The number of aryl methyl sites for hydroxylation is 1. The third-order valence-electron chi connectivity index (χ3n) is 4.64. The number of thiophene rings is 1. The summed E-state index contributed by atoms with van der Waals surface area (Å²) < 4.78 is 13.3. The van der Waals surface area contributed by atoms with Crippen molar-refractivity contribution in [3.63, 3.8) is 0 Å². The lowest BCUT2D eigenvalue weighted by molar-refractivity contribution is -0.141. The number of benzene rings is 1. The van der Waals surface area contributed by atoms with E-state index >= 15 is 0 Å². The molecule has 1 aromatic heterocycles. The van der Waals surface area contributed by atoms with Crippen LogP contribution < -0.4 is 0 Å². The van der Waals surface area contributed by atoms with Crippen molar-refractivity contribution < 1.29 is 14.0 Å². The lowest BCUT2D eigenvalue weighted by Crippen LogP contribution is -2.42. The second-order valence-electron chi connectivity index (χ2n) is 7.01. The van der Waals surface area contributed by atoms with E-state index in [1.165, 1.54) is 12.1 Å². The summed E-state index contributed by atoms with van der Waals surface area (Å²) in [4.78, 5) is 30.1. The topological polar surface area (TPSA) is 40.6 Å². The Labute approximate surface area is 181 Å². The van der Waals surface area contributed by atoms with Crippen molar-refractivity contribution in [2.75, 3.05) is 19.0 Å². The van der Waals surface area contributed by atoms with Gasteiger partial charge in [0.25, 0.3) is 0 Å². The molecule has 1 heterocycles. The average molecular weight is 439 g/mol. The third-order valence-corrected chi connectivity index (χ3v) is 5.91. The van der Waals surface area contributed by atoms with Crippen molar-refractivity contribution in [1.29, 1.82) is 0 Å². The Kier molecular flexibility index (Phi) is 9.61. The zero-order chi connectivity index (χ0) is 21.2. The standard InChI is InChI=1S/C22H28ClFN2O2S/c1-3-12-25(21(27)5-4-11-23)16-22(28)26(15-20-17(2)10-13-29-20)14-18-6-8-19(24)9-7-18/h6-10,13H,3-5,11-12,14-16H2,1-2H3. The molecule has 0 N–H and O–H groups in total. The van der Waals surface area contributed by atoms with Gasteiger partial charge in [0, 0.05) is 30.3 Å². The molecule has 2 aromatic rings. The van der Waals surface area contributed by atoms with Gasteiger partial charge in [0.2, 0.25) is 11.8 Å². The predicted octanol–water partition coefficient (Wildman–Crippen LogP) is 4.98.